The zero-order valence-corrected chi connectivity index (χ0v) is 10.5. The smallest absolute Gasteiger partial charge is 0.315 e. The molecule has 2 amide bonds. The van der Waals surface area contributed by atoms with Crippen molar-refractivity contribution in [3.8, 4) is 0 Å². The van der Waals surface area contributed by atoms with Gasteiger partial charge < -0.3 is 10.6 Å². The molecule has 1 aromatic carbocycles. The lowest BCUT2D eigenvalue weighted by atomic mass is 10.1. The predicted octanol–water partition coefficient (Wildman–Crippen LogP) is 2.47. The van der Waals surface area contributed by atoms with Gasteiger partial charge in [0.1, 0.15) is 5.82 Å². The van der Waals surface area contributed by atoms with Gasteiger partial charge in [-0.1, -0.05) is 18.2 Å². The zero-order chi connectivity index (χ0) is 12.9. The Balaban J connectivity index is 2.34. The average Bonchev–Trinajstić information content (AvgIpc) is 2.18. The van der Waals surface area contributed by atoms with Crippen molar-refractivity contribution in [3.63, 3.8) is 0 Å². The van der Waals surface area contributed by atoms with Crippen molar-refractivity contribution in [3.05, 3.63) is 35.6 Å². The van der Waals surface area contributed by atoms with E-state index in [2.05, 4.69) is 10.6 Å². The second kappa shape index (κ2) is 5.66. The molecule has 0 heterocycles. The third-order valence-corrected chi connectivity index (χ3v) is 2.13. The number of nitrogens with one attached hydrogen (secondary N) is 2. The van der Waals surface area contributed by atoms with Gasteiger partial charge >= 0.3 is 6.03 Å². The van der Waals surface area contributed by atoms with E-state index in [0.717, 1.165) is 0 Å². The largest absolute Gasteiger partial charge is 0.338 e. The van der Waals surface area contributed by atoms with E-state index in [1.807, 2.05) is 20.8 Å². The molecule has 0 aromatic heterocycles. The molecule has 0 aliphatic carbocycles. The Morgan fingerprint density at radius 3 is 2.53 bits per heavy atom. The topological polar surface area (TPSA) is 41.1 Å². The third-order valence-electron chi connectivity index (χ3n) is 2.13. The normalized spacial score (nSPS) is 11.1. The van der Waals surface area contributed by atoms with Crippen LogP contribution in [0.2, 0.25) is 0 Å². The lowest BCUT2D eigenvalue weighted by Crippen LogP contribution is -2.46. The second-order valence-electron chi connectivity index (χ2n) is 4.97. The van der Waals surface area contributed by atoms with Gasteiger partial charge in [0.25, 0.3) is 0 Å². The van der Waals surface area contributed by atoms with Gasteiger partial charge in [0.15, 0.2) is 0 Å². The molecule has 1 rings (SSSR count). The molecule has 0 atom stereocenters. The Morgan fingerprint density at radius 1 is 1.29 bits per heavy atom. The van der Waals surface area contributed by atoms with Crippen molar-refractivity contribution in [1.82, 2.24) is 10.6 Å². The van der Waals surface area contributed by atoms with Gasteiger partial charge in [-0.25, -0.2) is 9.18 Å². The van der Waals surface area contributed by atoms with E-state index in [-0.39, 0.29) is 17.4 Å². The summed E-state index contributed by atoms with van der Waals surface area (Å²) in [6, 6.07) is 6.35. The van der Waals surface area contributed by atoms with E-state index >= 15 is 0 Å². The Morgan fingerprint density at radius 2 is 1.94 bits per heavy atom. The maximum Gasteiger partial charge on any atom is 0.315 e. The summed E-state index contributed by atoms with van der Waals surface area (Å²) >= 11 is 0. The van der Waals surface area contributed by atoms with Crippen LogP contribution in [0.25, 0.3) is 0 Å². The van der Waals surface area contributed by atoms with Crippen LogP contribution in [0, 0.1) is 5.82 Å². The summed E-state index contributed by atoms with van der Waals surface area (Å²) in [5.74, 6) is -0.231. The highest BCUT2D eigenvalue weighted by molar-refractivity contribution is 5.74. The average molecular weight is 238 g/mol. The number of hydrogen-bond acceptors (Lipinski definition) is 1. The monoisotopic (exact) mass is 238 g/mol. The summed E-state index contributed by atoms with van der Waals surface area (Å²) in [6.45, 7) is 6.14. The first-order valence-corrected chi connectivity index (χ1v) is 5.68. The Kier molecular flexibility index (Phi) is 4.49. The number of carbonyl (C=O) groups is 1. The van der Waals surface area contributed by atoms with Crippen molar-refractivity contribution < 1.29 is 9.18 Å². The maximum absolute atomic E-state index is 13.3. The highest BCUT2D eigenvalue weighted by Gasteiger charge is 2.12. The van der Waals surface area contributed by atoms with Crippen LogP contribution in [-0.2, 0) is 6.42 Å². The predicted molar refractivity (Wildman–Crippen MR) is 66.4 cm³/mol. The lowest BCUT2D eigenvalue weighted by molar-refractivity contribution is 0.232. The van der Waals surface area contributed by atoms with Gasteiger partial charge in [-0.15, -0.1) is 0 Å². The minimum absolute atomic E-state index is 0.228. The molecular weight excluding hydrogens is 219 g/mol. The highest BCUT2D eigenvalue weighted by Crippen LogP contribution is 2.06. The van der Waals surface area contributed by atoms with Crippen LogP contribution in [0.3, 0.4) is 0 Å². The van der Waals surface area contributed by atoms with Crippen molar-refractivity contribution in [2.75, 3.05) is 6.54 Å². The molecule has 1 aromatic rings. The molecule has 0 aliphatic rings. The molecule has 0 saturated carbocycles. The standard InChI is InChI=1S/C13H19FN2O/c1-13(2,3)16-12(17)15-9-8-10-6-4-5-7-11(10)14/h4-7H,8-9H2,1-3H3,(H2,15,16,17). The minimum Gasteiger partial charge on any atom is -0.338 e. The minimum atomic E-state index is -0.262. The van der Waals surface area contributed by atoms with Crippen LogP contribution in [0.1, 0.15) is 26.3 Å². The fraction of sp³-hybridized carbons (Fsp3) is 0.462. The fourth-order valence-electron chi connectivity index (χ4n) is 1.40. The number of halogens is 1. The van der Waals surface area contributed by atoms with Crippen LogP contribution >= 0.6 is 0 Å². The number of urea groups is 1. The Labute approximate surface area is 101 Å². The van der Waals surface area contributed by atoms with E-state index in [1.165, 1.54) is 6.07 Å². The van der Waals surface area contributed by atoms with E-state index in [9.17, 15) is 9.18 Å². The van der Waals surface area contributed by atoms with Gasteiger partial charge in [0.2, 0.25) is 0 Å². The van der Waals surface area contributed by atoms with Gasteiger partial charge in [0, 0.05) is 12.1 Å². The fourth-order valence-corrected chi connectivity index (χ4v) is 1.40. The molecule has 0 unspecified atom stereocenters. The van der Waals surface area contributed by atoms with Crippen LogP contribution in [0.5, 0.6) is 0 Å². The van der Waals surface area contributed by atoms with E-state index in [4.69, 9.17) is 0 Å². The number of benzene rings is 1. The summed E-state index contributed by atoms with van der Waals surface area (Å²) in [5.41, 5.74) is 0.353. The molecule has 4 heteroatoms. The van der Waals surface area contributed by atoms with Crippen molar-refractivity contribution in [2.45, 2.75) is 32.7 Å². The van der Waals surface area contributed by atoms with Crippen LogP contribution in [0.4, 0.5) is 9.18 Å². The molecule has 0 fully saturated rings. The van der Waals surface area contributed by atoms with Crippen LogP contribution < -0.4 is 10.6 Å². The van der Waals surface area contributed by atoms with E-state index < -0.39 is 0 Å². The van der Waals surface area contributed by atoms with E-state index in [0.29, 0.717) is 18.5 Å². The van der Waals surface area contributed by atoms with Gasteiger partial charge in [0.05, 0.1) is 0 Å². The molecule has 0 radical (unpaired) electrons. The number of carbonyl (C=O) groups excluding carboxylic acids is 1. The molecule has 3 nitrogen and oxygen atoms in total. The highest BCUT2D eigenvalue weighted by atomic mass is 19.1. The van der Waals surface area contributed by atoms with Crippen molar-refractivity contribution in [2.24, 2.45) is 0 Å². The third kappa shape index (κ3) is 5.33. The summed E-state index contributed by atoms with van der Waals surface area (Å²) in [6.07, 6.45) is 0.490. The van der Waals surface area contributed by atoms with Crippen LogP contribution in [0.15, 0.2) is 24.3 Å². The van der Waals surface area contributed by atoms with Crippen molar-refractivity contribution in [1.29, 1.82) is 0 Å². The van der Waals surface area contributed by atoms with Gasteiger partial charge in [-0.2, -0.15) is 0 Å². The second-order valence-corrected chi connectivity index (χ2v) is 4.97. The first-order valence-electron chi connectivity index (χ1n) is 5.68. The lowest BCUT2D eigenvalue weighted by Gasteiger charge is -2.20. The SMILES string of the molecule is CC(C)(C)NC(=O)NCCc1ccccc1F. The summed E-state index contributed by atoms with van der Waals surface area (Å²) in [4.78, 5) is 11.4. The summed E-state index contributed by atoms with van der Waals surface area (Å²) in [5, 5.41) is 5.47. The zero-order valence-electron chi connectivity index (χ0n) is 10.5. The number of hydrogen-bond donors (Lipinski definition) is 2. The molecule has 2 N–H and O–H groups in total. The summed E-state index contributed by atoms with van der Waals surface area (Å²) in [7, 11) is 0. The maximum atomic E-state index is 13.3. The molecule has 0 aliphatic heterocycles. The van der Waals surface area contributed by atoms with Gasteiger partial charge in [-0.05, 0) is 38.8 Å². The Hall–Kier alpha value is -1.58. The van der Waals surface area contributed by atoms with Gasteiger partial charge in [-0.3, -0.25) is 0 Å². The molecule has 0 spiro atoms. The first kappa shape index (κ1) is 13.5. The number of rotatable bonds is 3. The molecule has 0 saturated heterocycles. The summed E-state index contributed by atoms with van der Waals surface area (Å²) < 4.78 is 13.3. The molecule has 17 heavy (non-hydrogen) atoms. The van der Waals surface area contributed by atoms with E-state index in [1.54, 1.807) is 18.2 Å². The Bertz CT molecular complexity index is 385. The first-order chi connectivity index (χ1) is 7.88. The molecule has 0 bridgehead atoms. The molecular formula is C13H19FN2O. The molecule has 94 valence electrons. The quantitative estimate of drug-likeness (QED) is 0.834. The number of amides is 2. The van der Waals surface area contributed by atoms with Crippen molar-refractivity contribution >= 4 is 6.03 Å². The van der Waals surface area contributed by atoms with Crippen LogP contribution in [-0.4, -0.2) is 18.1 Å².